The number of carbonyl (C=O) groups excluding carboxylic acids is 1. The van der Waals surface area contributed by atoms with Crippen molar-refractivity contribution in [3.8, 4) is 0 Å². The van der Waals surface area contributed by atoms with E-state index >= 15 is 0 Å². The standard InChI is InChI=1S/C15H15N3O2S2/c1-4-18-13(19)12(7-11-6-5-10(3)20-11)22-15(18)17-14-16-9(2)8-21-14/h5-8H,4H2,1-3H3/b12-7+,17-15+. The number of amidine groups is 1. The molecule has 0 radical (unpaired) electrons. The van der Waals surface area contributed by atoms with E-state index in [1.807, 2.05) is 38.3 Å². The fourth-order valence-corrected chi connectivity index (χ4v) is 3.75. The summed E-state index contributed by atoms with van der Waals surface area (Å²) in [5, 5.41) is 3.28. The molecule has 2 aromatic heterocycles. The van der Waals surface area contributed by atoms with Crippen LogP contribution < -0.4 is 0 Å². The maximum absolute atomic E-state index is 12.5. The summed E-state index contributed by atoms with van der Waals surface area (Å²) < 4.78 is 5.51. The van der Waals surface area contributed by atoms with E-state index in [4.69, 9.17) is 4.42 Å². The lowest BCUT2D eigenvalue weighted by Gasteiger charge is -2.11. The molecule has 0 atom stereocenters. The zero-order valence-corrected chi connectivity index (χ0v) is 14.1. The second kappa shape index (κ2) is 6.10. The normalized spacial score (nSPS) is 18.9. The molecule has 0 N–H and O–H groups in total. The molecule has 1 aliphatic rings. The van der Waals surface area contributed by atoms with Gasteiger partial charge in [-0.3, -0.25) is 9.69 Å². The summed E-state index contributed by atoms with van der Waals surface area (Å²) in [6, 6.07) is 3.73. The number of hydrogen-bond acceptors (Lipinski definition) is 6. The lowest BCUT2D eigenvalue weighted by molar-refractivity contribution is -0.122. The number of aromatic nitrogens is 1. The first-order chi connectivity index (χ1) is 10.6. The average molecular weight is 333 g/mol. The number of hydrogen-bond donors (Lipinski definition) is 0. The van der Waals surface area contributed by atoms with Crippen molar-refractivity contribution in [2.24, 2.45) is 4.99 Å². The molecule has 5 nitrogen and oxygen atoms in total. The van der Waals surface area contributed by atoms with E-state index < -0.39 is 0 Å². The van der Waals surface area contributed by atoms with Crippen LogP contribution in [0.1, 0.15) is 24.1 Å². The Kier molecular flexibility index (Phi) is 4.17. The van der Waals surface area contributed by atoms with Crippen molar-refractivity contribution in [3.05, 3.63) is 39.6 Å². The van der Waals surface area contributed by atoms with E-state index in [0.717, 1.165) is 11.5 Å². The van der Waals surface area contributed by atoms with E-state index in [9.17, 15) is 4.79 Å². The van der Waals surface area contributed by atoms with E-state index in [2.05, 4.69) is 9.98 Å². The molecule has 114 valence electrons. The van der Waals surface area contributed by atoms with Gasteiger partial charge in [0.05, 0.1) is 10.6 Å². The van der Waals surface area contributed by atoms with Gasteiger partial charge in [0.25, 0.3) is 5.91 Å². The van der Waals surface area contributed by atoms with Crippen LogP contribution in [0.2, 0.25) is 0 Å². The molecule has 0 aromatic carbocycles. The number of aliphatic imine (C=N–C) groups is 1. The number of aryl methyl sites for hydroxylation is 2. The highest BCUT2D eigenvalue weighted by Gasteiger charge is 2.32. The van der Waals surface area contributed by atoms with Gasteiger partial charge in [-0.1, -0.05) is 0 Å². The highest BCUT2D eigenvalue weighted by atomic mass is 32.2. The van der Waals surface area contributed by atoms with Crippen molar-refractivity contribution in [3.63, 3.8) is 0 Å². The van der Waals surface area contributed by atoms with Gasteiger partial charge in [-0.2, -0.15) is 4.99 Å². The third-order valence-electron chi connectivity index (χ3n) is 3.04. The van der Waals surface area contributed by atoms with Crippen molar-refractivity contribution >= 4 is 45.4 Å². The molecule has 1 amide bonds. The van der Waals surface area contributed by atoms with E-state index in [1.165, 1.54) is 23.1 Å². The SMILES string of the molecule is CCN1C(=O)/C(=C\c2ccc(C)o2)S/C1=N/c1nc(C)cs1. The number of thiazole rings is 1. The molecule has 1 fully saturated rings. The molecular weight excluding hydrogens is 318 g/mol. The van der Waals surface area contributed by atoms with Crippen LogP contribution in [-0.4, -0.2) is 27.5 Å². The van der Waals surface area contributed by atoms with Gasteiger partial charge < -0.3 is 4.42 Å². The Morgan fingerprint density at radius 2 is 2.23 bits per heavy atom. The molecule has 2 aromatic rings. The van der Waals surface area contributed by atoms with Crippen molar-refractivity contribution in [1.29, 1.82) is 0 Å². The van der Waals surface area contributed by atoms with E-state index in [1.54, 1.807) is 11.0 Å². The van der Waals surface area contributed by atoms with Gasteiger partial charge in [-0.15, -0.1) is 11.3 Å². The molecule has 0 saturated carbocycles. The quantitative estimate of drug-likeness (QED) is 0.797. The first-order valence-corrected chi connectivity index (χ1v) is 8.55. The van der Waals surface area contributed by atoms with Crippen LogP contribution in [0.4, 0.5) is 5.13 Å². The topological polar surface area (TPSA) is 58.7 Å². The number of likely N-dealkylation sites (N-methyl/N-ethyl adjacent to an activating group) is 1. The molecule has 1 saturated heterocycles. The number of nitrogens with zero attached hydrogens (tertiary/aromatic N) is 3. The third-order valence-corrected chi connectivity index (χ3v) is 4.90. The van der Waals surface area contributed by atoms with Gasteiger partial charge in [0, 0.05) is 18.0 Å². The van der Waals surface area contributed by atoms with Crippen LogP contribution in [0, 0.1) is 13.8 Å². The lowest BCUT2D eigenvalue weighted by Crippen LogP contribution is -2.28. The van der Waals surface area contributed by atoms with Crippen molar-refractivity contribution < 1.29 is 9.21 Å². The van der Waals surface area contributed by atoms with Crippen molar-refractivity contribution in [1.82, 2.24) is 9.88 Å². The van der Waals surface area contributed by atoms with Gasteiger partial charge in [-0.05, 0) is 44.7 Å². The number of thioether (sulfide) groups is 1. The van der Waals surface area contributed by atoms with Gasteiger partial charge in [0.1, 0.15) is 11.5 Å². The van der Waals surface area contributed by atoms with Gasteiger partial charge in [-0.25, -0.2) is 4.98 Å². The second-order valence-electron chi connectivity index (χ2n) is 4.77. The highest BCUT2D eigenvalue weighted by Crippen LogP contribution is 2.34. The zero-order chi connectivity index (χ0) is 15.7. The molecule has 3 heterocycles. The van der Waals surface area contributed by atoms with Crippen LogP contribution in [-0.2, 0) is 4.79 Å². The maximum atomic E-state index is 12.5. The fraction of sp³-hybridized carbons (Fsp3) is 0.267. The minimum absolute atomic E-state index is 0.0476. The largest absolute Gasteiger partial charge is 0.462 e. The van der Waals surface area contributed by atoms with Gasteiger partial charge in [0.15, 0.2) is 5.17 Å². The average Bonchev–Trinajstić information content (AvgIpc) is 3.14. The van der Waals surface area contributed by atoms with Gasteiger partial charge >= 0.3 is 0 Å². The molecule has 0 spiro atoms. The Morgan fingerprint density at radius 3 is 2.82 bits per heavy atom. The minimum atomic E-state index is -0.0476. The van der Waals surface area contributed by atoms with E-state index in [-0.39, 0.29) is 5.91 Å². The summed E-state index contributed by atoms with van der Waals surface area (Å²) in [6.07, 6.45) is 1.76. The zero-order valence-electron chi connectivity index (χ0n) is 12.5. The fourth-order valence-electron chi connectivity index (χ4n) is 2.01. The smallest absolute Gasteiger partial charge is 0.266 e. The Bertz CT molecular complexity index is 773. The highest BCUT2D eigenvalue weighted by molar-refractivity contribution is 8.18. The Labute approximate surface area is 136 Å². The second-order valence-corrected chi connectivity index (χ2v) is 6.62. The lowest BCUT2D eigenvalue weighted by atomic mass is 10.3. The summed E-state index contributed by atoms with van der Waals surface area (Å²) in [5.74, 6) is 1.45. The van der Waals surface area contributed by atoms with Crippen molar-refractivity contribution in [2.45, 2.75) is 20.8 Å². The Balaban J connectivity index is 1.91. The van der Waals surface area contributed by atoms with E-state index in [0.29, 0.717) is 27.5 Å². The predicted octanol–water partition coefficient (Wildman–Crippen LogP) is 3.98. The number of furan rings is 1. The summed E-state index contributed by atoms with van der Waals surface area (Å²) >= 11 is 2.82. The van der Waals surface area contributed by atoms with Gasteiger partial charge in [0.2, 0.25) is 5.13 Å². The molecule has 7 heteroatoms. The number of carbonyl (C=O) groups is 1. The maximum Gasteiger partial charge on any atom is 0.266 e. The molecular formula is C15H15N3O2S2. The summed E-state index contributed by atoms with van der Waals surface area (Å²) in [4.78, 5) is 23.5. The first kappa shape index (κ1) is 15.1. The molecule has 1 aliphatic heterocycles. The molecule has 0 aliphatic carbocycles. The molecule has 22 heavy (non-hydrogen) atoms. The molecule has 0 bridgehead atoms. The first-order valence-electron chi connectivity index (χ1n) is 6.85. The monoisotopic (exact) mass is 333 g/mol. The number of amides is 1. The number of rotatable bonds is 3. The van der Waals surface area contributed by atoms with Crippen LogP contribution in [0.5, 0.6) is 0 Å². The van der Waals surface area contributed by atoms with Crippen LogP contribution in [0.15, 0.2) is 31.8 Å². The summed E-state index contributed by atoms with van der Waals surface area (Å²) in [6.45, 7) is 6.31. The Morgan fingerprint density at radius 1 is 1.41 bits per heavy atom. The summed E-state index contributed by atoms with van der Waals surface area (Å²) in [7, 11) is 0. The molecule has 0 unspecified atom stereocenters. The predicted molar refractivity (Wildman–Crippen MR) is 90.3 cm³/mol. The van der Waals surface area contributed by atoms with Crippen molar-refractivity contribution in [2.75, 3.05) is 6.54 Å². The van der Waals surface area contributed by atoms with Crippen LogP contribution in [0.3, 0.4) is 0 Å². The Hall–Kier alpha value is -1.86. The minimum Gasteiger partial charge on any atom is -0.462 e. The summed E-state index contributed by atoms with van der Waals surface area (Å²) in [5.41, 5.74) is 0.934. The van der Waals surface area contributed by atoms with Crippen LogP contribution >= 0.6 is 23.1 Å². The molecule has 3 rings (SSSR count). The third kappa shape index (κ3) is 3.00. The van der Waals surface area contributed by atoms with Crippen LogP contribution in [0.25, 0.3) is 6.08 Å².